The van der Waals surface area contributed by atoms with E-state index < -0.39 is 0 Å². The largest absolute Gasteiger partial charge is 0.393 e. The van der Waals surface area contributed by atoms with Crippen LogP contribution in [0.5, 0.6) is 0 Å². The number of nitrogens with one attached hydrogen (secondary N) is 1. The zero-order valence-corrected chi connectivity index (χ0v) is 9.56. The lowest BCUT2D eigenvalue weighted by molar-refractivity contribution is -0.122. The molecule has 1 fully saturated rings. The number of nitrogens with two attached hydrogens (primary N) is 1. The molecule has 0 spiro atoms. The highest BCUT2D eigenvalue weighted by Crippen LogP contribution is 2.34. The molecule has 3 unspecified atom stereocenters. The zero-order chi connectivity index (χ0) is 10.7. The number of rotatable bonds is 5. The van der Waals surface area contributed by atoms with Crippen molar-refractivity contribution in [2.75, 3.05) is 0 Å². The monoisotopic (exact) mass is 214 g/mol. The molecule has 0 saturated heterocycles. The molecule has 0 radical (unpaired) electrons. The molecule has 3 nitrogen and oxygen atoms in total. The van der Waals surface area contributed by atoms with Crippen LogP contribution in [0.25, 0.3) is 0 Å². The standard InChI is InChI=1S/C10H18N2OS/c1-3-4-7-5-8(7)12-10(13)6(2)9(11)14/h6-8H,3-5H2,1-2H3,(H2,11,14)(H,12,13). The predicted octanol–water partition coefficient (Wildman–Crippen LogP) is 1.21. The Kier molecular flexibility index (Phi) is 3.86. The third kappa shape index (κ3) is 2.94. The lowest BCUT2D eigenvalue weighted by atomic mass is 10.1. The minimum Gasteiger partial charge on any atom is -0.393 e. The fourth-order valence-corrected chi connectivity index (χ4v) is 1.66. The molecular formula is C10H18N2OS. The van der Waals surface area contributed by atoms with Gasteiger partial charge in [-0.15, -0.1) is 0 Å². The van der Waals surface area contributed by atoms with Crippen molar-refractivity contribution in [3.63, 3.8) is 0 Å². The fraction of sp³-hybridized carbons (Fsp3) is 0.800. The molecule has 0 aromatic carbocycles. The summed E-state index contributed by atoms with van der Waals surface area (Å²) in [5.74, 6) is 0.316. The number of hydrogen-bond acceptors (Lipinski definition) is 2. The van der Waals surface area contributed by atoms with E-state index in [0.717, 1.165) is 6.42 Å². The number of amides is 1. The zero-order valence-electron chi connectivity index (χ0n) is 8.75. The van der Waals surface area contributed by atoms with Crippen LogP contribution >= 0.6 is 12.2 Å². The molecule has 0 aromatic heterocycles. The van der Waals surface area contributed by atoms with Crippen molar-refractivity contribution in [3.8, 4) is 0 Å². The van der Waals surface area contributed by atoms with Gasteiger partial charge >= 0.3 is 0 Å². The summed E-state index contributed by atoms with van der Waals surface area (Å²) in [5.41, 5.74) is 5.40. The van der Waals surface area contributed by atoms with E-state index in [0.29, 0.717) is 12.0 Å². The van der Waals surface area contributed by atoms with E-state index in [2.05, 4.69) is 12.2 Å². The van der Waals surface area contributed by atoms with Crippen molar-refractivity contribution >= 4 is 23.1 Å². The Balaban J connectivity index is 2.26. The van der Waals surface area contributed by atoms with Crippen LogP contribution in [0.4, 0.5) is 0 Å². The Labute approximate surface area is 90.4 Å². The first kappa shape index (κ1) is 11.4. The molecule has 0 aliphatic heterocycles. The van der Waals surface area contributed by atoms with Gasteiger partial charge in [-0.2, -0.15) is 0 Å². The van der Waals surface area contributed by atoms with Crippen molar-refractivity contribution in [2.45, 2.75) is 39.2 Å². The quantitative estimate of drug-likeness (QED) is 0.676. The minimum atomic E-state index is -0.340. The van der Waals surface area contributed by atoms with E-state index in [1.807, 2.05) is 0 Å². The van der Waals surface area contributed by atoms with Crippen LogP contribution < -0.4 is 11.1 Å². The van der Waals surface area contributed by atoms with Crippen LogP contribution in [0.3, 0.4) is 0 Å². The lowest BCUT2D eigenvalue weighted by Gasteiger charge is -2.10. The summed E-state index contributed by atoms with van der Waals surface area (Å²) in [7, 11) is 0. The van der Waals surface area contributed by atoms with Gasteiger partial charge < -0.3 is 11.1 Å². The highest BCUT2D eigenvalue weighted by atomic mass is 32.1. The third-order valence-electron chi connectivity index (χ3n) is 2.73. The van der Waals surface area contributed by atoms with Crippen molar-refractivity contribution in [3.05, 3.63) is 0 Å². The smallest absolute Gasteiger partial charge is 0.229 e. The third-order valence-corrected chi connectivity index (χ3v) is 3.08. The molecule has 3 N–H and O–H groups in total. The highest BCUT2D eigenvalue weighted by Gasteiger charge is 2.37. The van der Waals surface area contributed by atoms with E-state index in [1.54, 1.807) is 6.92 Å². The highest BCUT2D eigenvalue weighted by molar-refractivity contribution is 7.80. The molecule has 1 aliphatic carbocycles. The van der Waals surface area contributed by atoms with Crippen molar-refractivity contribution < 1.29 is 4.79 Å². The van der Waals surface area contributed by atoms with Crippen LogP contribution in [-0.4, -0.2) is 16.9 Å². The lowest BCUT2D eigenvalue weighted by Crippen LogP contribution is -2.37. The average molecular weight is 214 g/mol. The van der Waals surface area contributed by atoms with Crippen molar-refractivity contribution in [1.29, 1.82) is 0 Å². The van der Waals surface area contributed by atoms with Gasteiger partial charge in [0.15, 0.2) is 0 Å². The summed E-state index contributed by atoms with van der Waals surface area (Å²) in [6, 6.07) is 0.374. The molecular weight excluding hydrogens is 196 g/mol. The maximum absolute atomic E-state index is 11.5. The van der Waals surface area contributed by atoms with E-state index in [9.17, 15) is 4.79 Å². The van der Waals surface area contributed by atoms with Crippen molar-refractivity contribution in [2.24, 2.45) is 17.6 Å². The maximum atomic E-state index is 11.5. The van der Waals surface area contributed by atoms with Gasteiger partial charge in [-0.3, -0.25) is 4.79 Å². The Morgan fingerprint density at radius 1 is 1.71 bits per heavy atom. The number of carbonyl (C=O) groups is 1. The summed E-state index contributed by atoms with van der Waals surface area (Å²) < 4.78 is 0. The van der Waals surface area contributed by atoms with Crippen LogP contribution in [0.1, 0.15) is 33.1 Å². The number of thiocarbonyl (C=S) groups is 1. The molecule has 1 rings (SSSR count). The van der Waals surface area contributed by atoms with E-state index in [1.165, 1.54) is 12.8 Å². The molecule has 4 heteroatoms. The minimum absolute atomic E-state index is 0.0268. The summed E-state index contributed by atoms with van der Waals surface area (Å²) >= 11 is 4.77. The molecule has 0 heterocycles. The normalized spacial score (nSPS) is 26.7. The predicted molar refractivity (Wildman–Crippen MR) is 60.9 cm³/mol. The molecule has 1 amide bonds. The summed E-state index contributed by atoms with van der Waals surface area (Å²) in [6.45, 7) is 3.91. The number of hydrogen-bond donors (Lipinski definition) is 2. The van der Waals surface area contributed by atoms with Crippen LogP contribution in [-0.2, 0) is 4.79 Å². The van der Waals surface area contributed by atoms with Gasteiger partial charge in [0.25, 0.3) is 0 Å². The molecule has 80 valence electrons. The van der Waals surface area contributed by atoms with Gasteiger partial charge in [0.05, 0.1) is 10.9 Å². The summed E-state index contributed by atoms with van der Waals surface area (Å²) in [5, 5.41) is 2.96. The first-order valence-electron chi connectivity index (χ1n) is 5.16. The Morgan fingerprint density at radius 2 is 2.36 bits per heavy atom. The average Bonchev–Trinajstić information content (AvgIpc) is 2.82. The molecule has 1 saturated carbocycles. The second kappa shape index (κ2) is 4.73. The summed E-state index contributed by atoms with van der Waals surface area (Å²) in [6.07, 6.45) is 3.50. The molecule has 3 atom stereocenters. The SMILES string of the molecule is CCCC1CC1NC(=O)C(C)C(N)=S. The van der Waals surface area contributed by atoms with Crippen molar-refractivity contribution in [1.82, 2.24) is 5.32 Å². The summed E-state index contributed by atoms with van der Waals surface area (Å²) in [4.78, 5) is 11.8. The number of carbonyl (C=O) groups excluding carboxylic acids is 1. The second-order valence-corrected chi connectivity index (χ2v) is 4.49. The van der Waals surface area contributed by atoms with E-state index in [-0.39, 0.29) is 16.8 Å². The molecule has 1 aliphatic rings. The molecule has 14 heavy (non-hydrogen) atoms. The Hall–Kier alpha value is -0.640. The Bertz CT molecular complexity index is 242. The molecule has 0 bridgehead atoms. The first-order valence-corrected chi connectivity index (χ1v) is 5.56. The van der Waals surface area contributed by atoms with Gasteiger partial charge in [-0.25, -0.2) is 0 Å². The van der Waals surface area contributed by atoms with Crippen LogP contribution in [0.15, 0.2) is 0 Å². The topological polar surface area (TPSA) is 55.1 Å². The van der Waals surface area contributed by atoms with Crippen LogP contribution in [0.2, 0.25) is 0 Å². The first-order chi connectivity index (χ1) is 6.56. The van der Waals surface area contributed by atoms with Gasteiger partial charge in [0.1, 0.15) is 0 Å². The Morgan fingerprint density at radius 3 is 2.86 bits per heavy atom. The van der Waals surface area contributed by atoms with Gasteiger partial charge in [-0.05, 0) is 25.7 Å². The maximum Gasteiger partial charge on any atom is 0.229 e. The van der Waals surface area contributed by atoms with Gasteiger partial charge in [0, 0.05) is 6.04 Å². The van der Waals surface area contributed by atoms with Gasteiger partial charge in [0.2, 0.25) is 5.91 Å². The molecule has 0 aromatic rings. The second-order valence-electron chi connectivity index (χ2n) is 4.02. The van der Waals surface area contributed by atoms with E-state index >= 15 is 0 Å². The van der Waals surface area contributed by atoms with E-state index in [4.69, 9.17) is 18.0 Å². The van der Waals surface area contributed by atoms with Crippen LogP contribution in [0, 0.1) is 11.8 Å². The fourth-order valence-electron chi connectivity index (χ4n) is 1.55. The van der Waals surface area contributed by atoms with Gasteiger partial charge in [-0.1, -0.05) is 25.6 Å².